The largest absolute Gasteiger partial charge is 0.324 e. The predicted molar refractivity (Wildman–Crippen MR) is 80.1 cm³/mol. The number of fused-ring (bicyclic) bond motifs is 1. The molecule has 2 rings (SSSR count). The van der Waals surface area contributed by atoms with Gasteiger partial charge in [0, 0.05) is 17.6 Å². The van der Waals surface area contributed by atoms with E-state index in [2.05, 4.69) is 24.0 Å². The highest BCUT2D eigenvalue weighted by molar-refractivity contribution is 5.85. The molecule has 0 fully saturated rings. The van der Waals surface area contributed by atoms with E-state index in [1.54, 1.807) is 0 Å². The number of rotatable bonds is 5. The van der Waals surface area contributed by atoms with Crippen LogP contribution in [0.25, 0.3) is 10.9 Å². The Kier molecular flexibility index (Phi) is 6.10. The van der Waals surface area contributed by atoms with Crippen LogP contribution in [0, 0.1) is 0 Å². The quantitative estimate of drug-likeness (QED) is 0.821. The van der Waals surface area contributed by atoms with Crippen LogP contribution in [0.1, 0.15) is 44.2 Å². The summed E-state index contributed by atoms with van der Waals surface area (Å²) in [4.78, 5) is 4.37. The Labute approximate surface area is 115 Å². The van der Waals surface area contributed by atoms with Crippen molar-refractivity contribution >= 4 is 23.3 Å². The standard InChI is InChI=1S/C15H20N2.ClH/c1-2-3-4-8-14(16)12-10-11-17-15-9-6-5-7-13(12)15;/h5-7,9-11,14H,2-4,8,16H2,1H3;1H/t14-;/m0./s1. The fraction of sp³-hybridized carbons (Fsp3) is 0.400. The van der Waals surface area contributed by atoms with Gasteiger partial charge in [0.1, 0.15) is 0 Å². The van der Waals surface area contributed by atoms with Crippen LogP contribution in [0.5, 0.6) is 0 Å². The first-order valence-corrected chi connectivity index (χ1v) is 6.42. The number of aromatic nitrogens is 1. The number of pyridine rings is 1. The topological polar surface area (TPSA) is 38.9 Å². The summed E-state index contributed by atoms with van der Waals surface area (Å²) >= 11 is 0. The van der Waals surface area contributed by atoms with Gasteiger partial charge in [-0.3, -0.25) is 4.98 Å². The molecule has 0 spiro atoms. The molecule has 1 atom stereocenters. The van der Waals surface area contributed by atoms with Crippen LogP contribution in [-0.2, 0) is 0 Å². The van der Waals surface area contributed by atoms with Crippen LogP contribution in [0.15, 0.2) is 36.5 Å². The number of halogens is 1. The molecule has 3 heteroatoms. The van der Waals surface area contributed by atoms with Gasteiger partial charge in [-0.1, -0.05) is 44.4 Å². The molecule has 0 radical (unpaired) electrons. The highest BCUT2D eigenvalue weighted by Crippen LogP contribution is 2.24. The molecule has 98 valence electrons. The Morgan fingerprint density at radius 1 is 1.17 bits per heavy atom. The average Bonchev–Trinajstić information content (AvgIpc) is 2.38. The molecular weight excluding hydrogens is 244 g/mol. The monoisotopic (exact) mass is 264 g/mol. The molecule has 0 saturated heterocycles. The minimum atomic E-state index is 0. The number of nitrogens with two attached hydrogens (primary N) is 1. The lowest BCUT2D eigenvalue weighted by Gasteiger charge is -2.14. The molecule has 2 N–H and O–H groups in total. The molecule has 0 unspecified atom stereocenters. The second-order valence-electron chi connectivity index (χ2n) is 4.52. The summed E-state index contributed by atoms with van der Waals surface area (Å²) in [6, 6.07) is 10.4. The third kappa shape index (κ3) is 3.44. The van der Waals surface area contributed by atoms with Crippen molar-refractivity contribution in [1.82, 2.24) is 4.98 Å². The van der Waals surface area contributed by atoms with E-state index < -0.39 is 0 Å². The second-order valence-corrected chi connectivity index (χ2v) is 4.52. The lowest BCUT2D eigenvalue weighted by Crippen LogP contribution is -2.10. The van der Waals surface area contributed by atoms with Gasteiger partial charge in [0.15, 0.2) is 0 Å². The lowest BCUT2D eigenvalue weighted by molar-refractivity contribution is 0.583. The maximum Gasteiger partial charge on any atom is 0.0705 e. The Morgan fingerprint density at radius 2 is 1.94 bits per heavy atom. The number of hydrogen-bond acceptors (Lipinski definition) is 2. The van der Waals surface area contributed by atoms with Gasteiger partial charge in [0.25, 0.3) is 0 Å². The van der Waals surface area contributed by atoms with Crippen molar-refractivity contribution in [3.05, 3.63) is 42.1 Å². The molecular formula is C15H21ClN2. The summed E-state index contributed by atoms with van der Waals surface area (Å²) in [5, 5.41) is 1.19. The van der Waals surface area contributed by atoms with Crippen LogP contribution < -0.4 is 5.73 Å². The van der Waals surface area contributed by atoms with Gasteiger partial charge >= 0.3 is 0 Å². The number of nitrogens with zero attached hydrogens (tertiary/aromatic N) is 1. The van der Waals surface area contributed by atoms with E-state index in [1.807, 2.05) is 24.4 Å². The van der Waals surface area contributed by atoms with E-state index >= 15 is 0 Å². The number of benzene rings is 1. The molecule has 2 nitrogen and oxygen atoms in total. The zero-order valence-electron chi connectivity index (χ0n) is 10.8. The van der Waals surface area contributed by atoms with Crippen molar-refractivity contribution in [1.29, 1.82) is 0 Å². The Bertz CT molecular complexity index is 479. The first-order chi connectivity index (χ1) is 8.33. The molecule has 0 aliphatic rings. The van der Waals surface area contributed by atoms with Gasteiger partial charge in [-0.15, -0.1) is 12.4 Å². The zero-order chi connectivity index (χ0) is 12.1. The fourth-order valence-electron chi connectivity index (χ4n) is 2.21. The van der Waals surface area contributed by atoms with E-state index in [0.717, 1.165) is 11.9 Å². The molecule has 2 aromatic rings. The number of para-hydroxylation sites is 1. The van der Waals surface area contributed by atoms with Crippen molar-refractivity contribution in [2.75, 3.05) is 0 Å². The lowest BCUT2D eigenvalue weighted by atomic mass is 9.98. The fourth-order valence-corrected chi connectivity index (χ4v) is 2.21. The maximum absolute atomic E-state index is 6.27. The van der Waals surface area contributed by atoms with Crippen LogP contribution in [-0.4, -0.2) is 4.98 Å². The van der Waals surface area contributed by atoms with Gasteiger partial charge in [0.2, 0.25) is 0 Å². The summed E-state index contributed by atoms with van der Waals surface area (Å²) in [6.45, 7) is 2.22. The number of unbranched alkanes of at least 4 members (excludes halogenated alkanes) is 2. The van der Waals surface area contributed by atoms with Crippen LogP contribution in [0.3, 0.4) is 0 Å². The van der Waals surface area contributed by atoms with Crippen molar-refractivity contribution in [2.24, 2.45) is 5.73 Å². The Balaban J connectivity index is 0.00000162. The Hall–Kier alpha value is -1.12. The normalized spacial score (nSPS) is 12.1. The Morgan fingerprint density at radius 3 is 2.72 bits per heavy atom. The van der Waals surface area contributed by atoms with Gasteiger partial charge in [-0.25, -0.2) is 0 Å². The maximum atomic E-state index is 6.27. The van der Waals surface area contributed by atoms with Crippen LogP contribution in [0.4, 0.5) is 0 Å². The van der Waals surface area contributed by atoms with Crippen LogP contribution in [0.2, 0.25) is 0 Å². The summed E-state index contributed by atoms with van der Waals surface area (Å²) in [5.74, 6) is 0. The number of hydrogen-bond donors (Lipinski definition) is 1. The first kappa shape index (κ1) is 14.9. The van der Waals surface area contributed by atoms with E-state index in [-0.39, 0.29) is 18.4 Å². The van der Waals surface area contributed by atoms with E-state index in [0.29, 0.717) is 0 Å². The highest BCUT2D eigenvalue weighted by atomic mass is 35.5. The molecule has 0 aliphatic heterocycles. The van der Waals surface area contributed by atoms with Crippen molar-refractivity contribution in [3.8, 4) is 0 Å². The molecule has 0 aliphatic carbocycles. The smallest absolute Gasteiger partial charge is 0.0705 e. The summed E-state index contributed by atoms with van der Waals surface area (Å²) < 4.78 is 0. The molecule has 1 heterocycles. The molecule has 18 heavy (non-hydrogen) atoms. The zero-order valence-corrected chi connectivity index (χ0v) is 11.6. The van der Waals surface area contributed by atoms with Gasteiger partial charge in [-0.05, 0) is 24.1 Å². The van der Waals surface area contributed by atoms with E-state index in [9.17, 15) is 0 Å². The van der Waals surface area contributed by atoms with Crippen LogP contribution >= 0.6 is 12.4 Å². The molecule has 0 bridgehead atoms. The molecule has 0 saturated carbocycles. The van der Waals surface area contributed by atoms with Gasteiger partial charge in [0.05, 0.1) is 5.52 Å². The summed E-state index contributed by atoms with van der Waals surface area (Å²) in [6.07, 6.45) is 6.62. The van der Waals surface area contributed by atoms with Gasteiger partial charge < -0.3 is 5.73 Å². The molecule has 0 amide bonds. The van der Waals surface area contributed by atoms with E-state index in [4.69, 9.17) is 5.73 Å². The highest BCUT2D eigenvalue weighted by Gasteiger charge is 2.09. The van der Waals surface area contributed by atoms with Crippen molar-refractivity contribution in [3.63, 3.8) is 0 Å². The third-order valence-corrected chi connectivity index (χ3v) is 3.20. The summed E-state index contributed by atoms with van der Waals surface area (Å²) in [7, 11) is 0. The second kappa shape index (κ2) is 7.34. The SMILES string of the molecule is CCCCC[C@H](N)c1ccnc2ccccc12.Cl. The van der Waals surface area contributed by atoms with Crippen molar-refractivity contribution < 1.29 is 0 Å². The molecule has 1 aromatic carbocycles. The molecule has 1 aromatic heterocycles. The third-order valence-electron chi connectivity index (χ3n) is 3.20. The van der Waals surface area contributed by atoms with Gasteiger partial charge in [-0.2, -0.15) is 0 Å². The minimum Gasteiger partial charge on any atom is -0.324 e. The minimum absolute atomic E-state index is 0. The van der Waals surface area contributed by atoms with Crippen molar-refractivity contribution in [2.45, 2.75) is 38.6 Å². The average molecular weight is 265 g/mol. The predicted octanol–water partition coefficient (Wildman–Crippen LogP) is 4.24. The summed E-state index contributed by atoms with van der Waals surface area (Å²) in [5.41, 5.74) is 8.54. The first-order valence-electron chi connectivity index (χ1n) is 6.42. The van der Waals surface area contributed by atoms with E-state index in [1.165, 1.54) is 30.2 Å².